The van der Waals surface area contributed by atoms with E-state index in [1.54, 1.807) is 26.0 Å². The zero-order valence-corrected chi connectivity index (χ0v) is 18.3. The fraction of sp³-hybridized carbons (Fsp3) is 0.417. The lowest BCUT2D eigenvalue weighted by Gasteiger charge is -2.26. The van der Waals surface area contributed by atoms with Gasteiger partial charge in [0.05, 0.1) is 18.7 Å². The van der Waals surface area contributed by atoms with Gasteiger partial charge in [-0.25, -0.2) is 4.39 Å². The number of aromatic nitrogens is 2. The summed E-state index contributed by atoms with van der Waals surface area (Å²) in [6.07, 6.45) is 10.6. The van der Waals surface area contributed by atoms with E-state index in [0.29, 0.717) is 18.5 Å². The lowest BCUT2D eigenvalue weighted by Crippen LogP contribution is -2.38. The molecule has 0 aliphatic carbocycles. The Morgan fingerprint density at radius 1 is 1.42 bits per heavy atom. The molecule has 2 N–H and O–H groups in total. The molecule has 31 heavy (non-hydrogen) atoms. The number of halogens is 1. The number of aromatic amines is 1. The topological polar surface area (TPSA) is 70.2 Å². The van der Waals surface area contributed by atoms with Crippen LogP contribution in [0.4, 0.5) is 4.39 Å². The number of ether oxygens (including phenoxy) is 1. The average molecular weight is 427 g/mol. The number of morpholine rings is 1. The molecule has 1 aromatic heterocycles. The second-order valence-corrected chi connectivity index (χ2v) is 7.07. The third-order valence-electron chi connectivity index (χ3n) is 4.81. The molecular formula is C24H31FN4O2. The lowest BCUT2D eigenvalue weighted by atomic mass is 10.1. The van der Waals surface area contributed by atoms with Crippen LogP contribution in [-0.2, 0) is 11.2 Å². The van der Waals surface area contributed by atoms with Crippen molar-refractivity contribution in [2.24, 2.45) is 0 Å². The second-order valence-electron chi connectivity index (χ2n) is 7.07. The van der Waals surface area contributed by atoms with E-state index in [1.165, 1.54) is 12.2 Å². The summed E-state index contributed by atoms with van der Waals surface area (Å²) in [5.41, 5.74) is 2.25. The molecule has 1 saturated heterocycles. The Morgan fingerprint density at radius 3 is 2.87 bits per heavy atom. The largest absolute Gasteiger partial charge is 0.379 e. The Labute approximate surface area is 183 Å². The summed E-state index contributed by atoms with van der Waals surface area (Å²) in [5, 5.41) is 11.1. The van der Waals surface area contributed by atoms with Gasteiger partial charge in [-0.15, -0.1) is 12.3 Å². The number of H-pyrrole nitrogens is 1. The molecule has 166 valence electrons. The first-order valence-corrected chi connectivity index (χ1v) is 10.5. The van der Waals surface area contributed by atoms with Gasteiger partial charge in [-0.3, -0.25) is 14.8 Å². The van der Waals surface area contributed by atoms with E-state index in [-0.39, 0.29) is 11.7 Å². The molecule has 0 saturated carbocycles. The number of amides is 1. The minimum absolute atomic E-state index is 0.0912. The van der Waals surface area contributed by atoms with Crippen LogP contribution in [0, 0.1) is 12.3 Å². The minimum Gasteiger partial charge on any atom is -0.379 e. The zero-order chi connectivity index (χ0) is 22.5. The highest BCUT2D eigenvalue weighted by atomic mass is 19.1. The van der Waals surface area contributed by atoms with Crippen LogP contribution in [0.3, 0.4) is 0 Å². The maximum absolute atomic E-state index is 13.2. The monoisotopic (exact) mass is 426 g/mol. The molecule has 6 nitrogen and oxygen atoms in total. The molecule has 2 heterocycles. The first-order valence-electron chi connectivity index (χ1n) is 10.5. The molecule has 7 heteroatoms. The van der Waals surface area contributed by atoms with Gasteiger partial charge in [0.25, 0.3) is 5.91 Å². The molecule has 3 rings (SSSR count). The van der Waals surface area contributed by atoms with Crippen LogP contribution >= 0.6 is 0 Å². The summed E-state index contributed by atoms with van der Waals surface area (Å²) in [7, 11) is 0. The number of nitrogens with zero attached hydrogens (tertiary/aromatic N) is 2. The lowest BCUT2D eigenvalue weighted by molar-refractivity contribution is 0.0374. The van der Waals surface area contributed by atoms with E-state index in [1.807, 2.05) is 12.1 Å². The van der Waals surface area contributed by atoms with Gasteiger partial charge in [-0.05, 0) is 51.1 Å². The van der Waals surface area contributed by atoms with Crippen molar-refractivity contribution >= 4 is 16.8 Å². The summed E-state index contributed by atoms with van der Waals surface area (Å²) in [6.45, 7) is 8.39. The quantitative estimate of drug-likeness (QED) is 0.384. The van der Waals surface area contributed by atoms with Crippen LogP contribution in [-0.4, -0.2) is 60.4 Å². The van der Waals surface area contributed by atoms with Gasteiger partial charge in [0, 0.05) is 42.7 Å². The smallest absolute Gasteiger partial charge is 0.251 e. The minimum atomic E-state index is -0.277. The normalized spacial score (nSPS) is 14.8. The SMILES string of the molecule is C#CC.C/C=C(F)\C=C/Cc1[nH]nc2ccc(C(=O)NCCCN3CCOCC3)cc12. The second kappa shape index (κ2) is 13.4. The zero-order valence-electron chi connectivity index (χ0n) is 18.3. The summed E-state index contributed by atoms with van der Waals surface area (Å²) in [4.78, 5) is 14.8. The van der Waals surface area contributed by atoms with Crippen LogP contribution in [0.2, 0.25) is 0 Å². The number of hydrogen-bond donors (Lipinski definition) is 2. The number of rotatable bonds is 8. The number of fused-ring (bicyclic) bond motifs is 1. The molecule has 0 spiro atoms. The Bertz CT molecular complexity index is 937. The van der Waals surface area contributed by atoms with E-state index < -0.39 is 0 Å². The Hall–Kier alpha value is -2.95. The fourth-order valence-corrected chi connectivity index (χ4v) is 3.18. The summed E-state index contributed by atoms with van der Waals surface area (Å²) < 4.78 is 18.5. The van der Waals surface area contributed by atoms with E-state index in [2.05, 4.69) is 32.8 Å². The summed E-state index contributed by atoms with van der Waals surface area (Å²) >= 11 is 0. The van der Waals surface area contributed by atoms with E-state index in [9.17, 15) is 9.18 Å². The molecule has 1 aromatic carbocycles. The highest BCUT2D eigenvalue weighted by Gasteiger charge is 2.12. The van der Waals surface area contributed by atoms with Crippen molar-refractivity contribution in [2.45, 2.75) is 26.7 Å². The molecule has 0 bridgehead atoms. The molecule has 1 aliphatic heterocycles. The van der Waals surface area contributed by atoms with Gasteiger partial charge >= 0.3 is 0 Å². The highest BCUT2D eigenvalue weighted by molar-refractivity contribution is 5.98. The number of hydrogen-bond acceptors (Lipinski definition) is 4. The van der Waals surface area contributed by atoms with Gasteiger partial charge < -0.3 is 10.1 Å². The van der Waals surface area contributed by atoms with Gasteiger partial charge in [0.1, 0.15) is 5.83 Å². The van der Waals surface area contributed by atoms with Crippen molar-refractivity contribution in [2.75, 3.05) is 39.4 Å². The molecule has 1 amide bonds. The third kappa shape index (κ3) is 8.00. The van der Waals surface area contributed by atoms with Crippen LogP contribution in [0.15, 0.2) is 42.3 Å². The standard InChI is InChI=1S/C21H27FN4O2.C3H4/c1-2-17(22)5-3-6-19-18-15-16(7-8-20(18)25-24-19)21(27)23-9-4-10-26-11-13-28-14-12-26;1-3-2/h2-3,5,7-8,15H,4,6,9-14H2,1H3,(H,23,27)(H,24,25);1H,2H3/b5-3-,17-2+;. The van der Waals surface area contributed by atoms with Crippen molar-refractivity contribution in [1.29, 1.82) is 0 Å². The first kappa shape index (κ1) is 24.3. The Kier molecular flexibility index (Phi) is 10.5. The first-order chi connectivity index (χ1) is 15.1. The number of benzene rings is 1. The maximum atomic E-state index is 13.2. The molecule has 0 radical (unpaired) electrons. The maximum Gasteiger partial charge on any atom is 0.251 e. The molecule has 0 atom stereocenters. The molecule has 2 aromatic rings. The van der Waals surface area contributed by atoms with Gasteiger partial charge in [0.15, 0.2) is 0 Å². The van der Waals surface area contributed by atoms with E-state index in [4.69, 9.17) is 4.74 Å². The number of nitrogens with one attached hydrogen (secondary N) is 2. The van der Waals surface area contributed by atoms with Crippen molar-refractivity contribution < 1.29 is 13.9 Å². The van der Waals surface area contributed by atoms with E-state index >= 15 is 0 Å². The van der Waals surface area contributed by atoms with Crippen molar-refractivity contribution in [3.63, 3.8) is 0 Å². The van der Waals surface area contributed by atoms with Crippen LogP contribution in [0.25, 0.3) is 10.9 Å². The number of allylic oxidation sites excluding steroid dienone is 4. The molecule has 1 aliphatic rings. The predicted octanol–water partition coefficient (Wildman–Crippen LogP) is 3.63. The third-order valence-corrected chi connectivity index (χ3v) is 4.81. The predicted molar refractivity (Wildman–Crippen MR) is 123 cm³/mol. The van der Waals surface area contributed by atoms with Crippen LogP contribution in [0.1, 0.15) is 36.3 Å². The Balaban J connectivity index is 0.00000107. The van der Waals surface area contributed by atoms with Gasteiger partial charge in [-0.2, -0.15) is 5.10 Å². The van der Waals surface area contributed by atoms with Crippen LogP contribution in [0.5, 0.6) is 0 Å². The van der Waals surface area contributed by atoms with Crippen molar-refractivity contribution in [1.82, 2.24) is 20.4 Å². The average Bonchev–Trinajstić information content (AvgIpc) is 3.20. The molecule has 1 fully saturated rings. The van der Waals surface area contributed by atoms with Gasteiger partial charge in [-0.1, -0.05) is 12.2 Å². The summed E-state index contributed by atoms with van der Waals surface area (Å²) in [5.74, 6) is 1.88. The number of carbonyl (C=O) groups is 1. The fourth-order valence-electron chi connectivity index (χ4n) is 3.18. The highest BCUT2D eigenvalue weighted by Crippen LogP contribution is 2.19. The van der Waals surface area contributed by atoms with Crippen molar-refractivity contribution in [3.05, 3.63) is 53.5 Å². The van der Waals surface area contributed by atoms with Gasteiger partial charge in [0.2, 0.25) is 0 Å². The molecule has 0 unspecified atom stereocenters. The summed E-state index contributed by atoms with van der Waals surface area (Å²) in [6, 6.07) is 5.44. The number of terminal acetylenes is 1. The van der Waals surface area contributed by atoms with Crippen molar-refractivity contribution in [3.8, 4) is 12.3 Å². The Morgan fingerprint density at radius 2 is 2.16 bits per heavy atom. The van der Waals surface area contributed by atoms with Crippen LogP contribution < -0.4 is 5.32 Å². The number of carbonyl (C=O) groups excluding carboxylic acids is 1. The van der Waals surface area contributed by atoms with E-state index in [0.717, 1.165) is 55.9 Å². The molecular weight excluding hydrogens is 395 g/mol.